The Kier molecular flexibility index (Phi) is 5.16. The number of carbonyl (C=O) groups is 1. The van der Waals surface area contributed by atoms with E-state index in [-0.39, 0.29) is 18.0 Å². The first-order valence-electron chi connectivity index (χ1n) is 7.23. The monoisotopic (exact) mass is 293 g/mol. The summed E-state index contributed by atoms with van der Waals surface area (Å²) in [6.45, 7) is 4.11. The van der Waals surface area contributed by atoms with Gasteiger partial charge in [0, 0.05) is 0 Å². The molecule has 0 aliphatic carbocycles. The molecule has 2 aromatic carbocycles. The van der Waals surface area contributed by atoms with Gasteiger partial charge in [-0.3, -0.25) is 0 Å². The smallest absolute Gasteiger partial charge is 0.319 e. The Labute approximate surface area is 130 Å². The summed E-state index contributed by atoms with van der Waals surface area (Å²) in [6, 6.07) is 18.4. The van der Waals surface area contributed by atoms with Crippen molar-refractivity contribution in [1.82, 2.24) is 5.32 Å². The van der Waals surface area contributed by atoms with Crippen molar-refractivity contribution in [2.24, 2.45) is 5.92 Å². The maximum Gasteiger partial charge on any atom is 0.319 e. The van der Waals surface area contributed by atoms with Gasteiger partial charge in [-0.25, -0.2) is 4.79 Å². The van der Waals surface area contributed by atoms with Crippen molar-refractivity contribution < 1.29 is 4.79 Å². The SMILES string of the molecule is CC(C)C(NC(=O)Nc1ccccc1C#N)c1ccccc1. The Hall–Kier alpha value is -2.80. The van der Waals surface area contributed by atoms with Crippen LogP contribution >= 0.6 is 0 Å². The zero-order valence-corrected chi connectivity index (χ0v) is 12.7. The van der Waals surface area contributed by atoms with Crippen molar-refractivity contribution >= 4 is 11.7 Å². The molecular formula is C18H19N3O. The second kappa shape index (κ2) is 7.28. The fourth-order valence-electron chi connectivity index (χ4n) is 2.28. The number of urea groups is 1. The standard InChI is InChI=1S/C18H19N3O/c1-13(2)17(14-8-4-3-5-9-14)21-18(22)20-16-11-7-6-10-15(16)12-19/h3-11,13,17H,1-2H3,(H2,20,21,22). The summed E-state index contributed by atoms with van der Waals surface area (Å²) in [6.07, 6.45) is 0. The van der Waals surface area contributed by atoms with Crippen LogP contribution in [0.3, 0.4) is 0 Å². The van der Waals surface area contributed by atoms with Gasteiger partial charge in [0.05, 0.1) is 17.3 Å². The van der Waals surface area contributed by atoms with Gasteiger partial charge in [-0.05, 0) is 23.6 Å². The minimum Gasteiger partial charge on any atom is -0.331 e. The van der Waals surface area contributed by atoms with Crippen LogP contribution in [0, 0.1) is 17.2 Å². The van der Waals surface area contributed by atoms with Crippen LogP contribution < -0.4 is 10.6 Å². The lowest BCUT2D eigenvalue weighted by Gasteiger charge is -2.23. The number of nitrogens with one attached hydrogen (secondary N) is 2. The number of para-hydroxylation sites is 1. The average Bonchev–Trinajstić information content (AvgIpc) is 2.53. The van der Waals surface area contributed by atoms with Crippen LogP contribution in [0.2, 0.25) is 0 Å². The van der Waals surface area contributed by atoms with E-state index in [4.69, 9.17) is 5.26 Å². The average molecular weight is 293 g/mol. The maximum atomic E-state index is 12.2. The van der Waals surface area contributed by atoms with E-state index in [0.29, 0.717) is 11.3 Å². The third-order valence-corrected chi connectivity index (χ3v) is 3.41. The van der Waals surface area contributed by atoms with Crippen LogP contribution in [0.4, 0.5) is 10.5 Å². The van der Waals surface area contributed by atoms with Gasteiger partial charge in [0.1, 0.15) is 6.07 Å². The highest BCUT2D eigenvalue weighted by Gasteiger charge is 2.18. The molecule has 112 valence electrons. The number of carbonyl (C=O) groups excluding carboxylic acids is 1. The fraction of sp³-hybridized carbons (Fsp3) is 0.222. The van der Waals surface area contributed by atoms with E-state index in [1.165, 1.54) is 0 Å². The normalized spacial score (nSPS) is 11.5. The highest BCUT2D eigenvalue weighted by molar-refractivity contribution is 5.91. The molecule has 4 heteroatoms. The summed E-state index contributed by atoms with van der Waals surface area (Å²) in [4.78, 5) is 12.2. The maximum absolute atomic E-state index is 12.2. The predicted octanol–water partition coefficient (Wildman–Crippen LogP) is 4.08. The first-order chi connectivity index (χ1) is 10.6. The van der Waals surface area contributed by atoms with Gasteiger partial charge >= 0.3 is 6.03 Å². The number of hydrogen-bond acceptors (Lipinski definition) is 2. The zero-order chi connectivity index (χ0) is 15.9. The van der Waals surface area contributed by atoms with Crippen molar-refractivity contribution in [3.63, 3.8) is 0 Å². The lowest BCUT2D eigenvalue weighted by molar-refractivity contribution is 0.244. The van der Waals surface area contributed by atoms with E-state index < -0.39 is 0 Å². The minimum atomic E-state index is -0.315. The molecule has 2 aromatic rings. The van der Waals surface area contributed by atoms with Crippen LogP contribution in [-0.2, 0) is 0 Å². The van der Waals surface area contributed by atoms with Crippen LogP contribution in [0.5, 0.6) is 0 Å². The Morgan fingerprint density at radius 3 is 2.32 bits per heavy atom. The summed E-state index contributed by atoms with van der Waals surface area (Å²) in [5.41, 5.74) is 2.01. The minimum absolute atomic E-state index is 0.0875. The Bertz CT molecular complexity index is 674. The van der Waals surface area contributed by atoms with Crippen molar-refractivity contribution in [2.45, 2.75) is 19.9 Å². The quantitative estimate of drug-likeness (QED) is 0.892. The molecule has 0 saturated heterocycles. The summed E-state index contributed by atoms with van der Waals surface area (Å²) >= 11 is 0. The van der Waals surface area contributed by atoms with E-state index in [1.807, 2.05) is 30.3 Å². The molecule has 1 atom stereocenters. The van der Waals surface area contributed by atoms with Crippen molar-refractivity contribution in [2.75, 3.05) is 5.32 Å². The third-order valence-electron chi connectivity index (χ3n) is 3.41. The Morgan fingerprint density at radius 1 is 1.05 bits per heavy atom. The second-order valence-electron chi connectivity index (χ2n) is 5.39. The molecule has 22 heavy (non-hydrogen) atoms. The summed E-state index contributed by atoms with van der Waals surface area (Å²) < 4.78 is 0. The molecule has 0 radical (unpaired) electrons. The van der Waals surface area contributed by atoms with E-state index in [1.54, 1.807) is 24.3 Å². The fourth-order valence-corrected chi connectivity index (χ4v) is 2.28. The van der Waals surface area contributed by atoms with Gasteiger partial charge in [0.15, 0.2) is 0 Å². The van der Waals surface area contributed by atoms with Crippen molar-refractivity contribution in [3.8, 4) is 6.07 Å². The first-order valence-corrected chi connectivity index (χ1v) is 7.23. The molecule has 2 N–H and O–H groups in total. The third kappa shape index (κ3) is 3.86. The molecule has 0 aliphatic rings. The molecule has 0 heterocycles. The summed E-state index contributed by atoms with van der Waals surface area (Å²) in [5, 5.41) is 14.8. The molecule has 0 spiro atoms. The van der Waals surface area contributed by atoms with Crippen LogP contribution in [0.25, 0.3) is 0 Å². The van der Waals surface area contributed by atoms with Crippen molar-refractivity contribution in [3.05, 3.63) is 65.7 Å². The molecule has 0 aromatic heterocycles. The molecule has 0 bridgehead atoms. The summed E-state index contributed by atoms with van der Waals surface area (Å²) in [5.74, 6) is 0.249. The number of benzene rings is 2. The molecule has 1 unspecified atom stereocenters. The molecule has 2 rings (SSSR count). The van der Waals surface area contributed by atoms with Gasteiger partial charge in [0.2, 0.25) is 0 Å². The molecule has 0 fully saturated rings. The van der Waals surface area contributed by atoms with Crippen LogP contribution in [-0.4, -0.2) is 6.03 Å². The van der Waals surface area contributed by atoms with Gasteiger partial charge in [-0.2, -0.15) is 5.26 Å². The van der Waals surface area contributed by atoms with E-state index in [2.05, 4.69) is 30.6 Å². The Morgan fingerprint density at radius 2 is 1.68 bits per heavy atom. The largest absolute Gasteiger partial charge is 0.331 e. The number of nitriles is 1. The predicted molar refractivity (Wildman–Crippen MR) is 87.3 cm³/mol. The first kappa shape index (κ1) is 15.6. The van der Waals surface area contributed by atoms with Gasteiger partial charge in [-0.15, -0.1) is 0 Å². The molecule has 2 amide bonds. The number of hydrogen-bond donors (Lipinski definition) is 2. The second-order valence-corrected chi connectivity index (χ2v) is 5.39. The lowest BCUT2D eigenvalue weighted by Crippen LogP contribution is -2.35. The van der Waals surface area contributed by atoms with E-state index >= 15 is 0 Å². The summed E-state index contributed by atoms with van der Waals surface area (Å²) in [7, 11) is 0. The number of anilines is 1. The zero-order valence-electron chi connectivity index (χ0n) is 12.7. The topological polar surface area (TPSA) is 64.9 Å². The van der Waals surface area contributed by atoms with Gasteiger partial charge in [-0.1, -0.05) is 56.3 Å². The van der Waals surface area contributed by atoms with E-state index in [0.717, 1.165) is 5.56 Å². The number of amides is 2. The molecular weight excluding hydrogens is 274 g/mol. The van der Waals surface area contributed by atoms with Crippen molar-refractivity contribution in [1.29, 1.82) is 5.26 Å². The number of nitrogens with zero attached hydrogens (tertiary/aromatic N) is 1. The van der Waals surface area contributed by atoms with Gasteiger partial charge in [0.25, 0.3) is 0 Å². The molecule has 0 aliphatic heterocycles. The highest BCUT2D eigenvalue weighted by atomic mass is 16.2. The van der Waals surface area contributed by atoms with E-state index in [9.17, 15) is 4.79 Å². The molecule has 4 nitrogen and oxygen atoms in total. The molecule has 0 saturated carbocycles. The number of rotatable bonds is 4. The lowest BCUT2D eigenvalue weighted by atomic mass is 9.96. The Balaban J connectivity index is 2.11. The van der Waals surface area contributed by atoms with Crippen LogP contribution in [0.15, 0.2) is 54.6 Å². The van der Waals surface area contributed by atoms with Crippen LogP contribution in [0.1, 0.15) is 31.0 Å². The van der Waals surface area contributed by atoms with Gasteiger partial charge < -0.3 is 10.6 Å². The highest BCUT2D eigenvalue weighted by Crippen LogP contribution is 2.22.